The smallest absolute Gasteiger partial charge is 0.378 e. The number of esters is 3. The second-order valence-electron chi connectivity index (χ2n) is 12.6. The zero-order valence-electron chi connectivity index (χ0n) is 27.7. The van der Waals surface area contributed by atoms with Crippen LogP contribution < -0.4 is 0 Å². The zero-order chi connectivity index (χ0) is 37.8. The van der Waals surface area contributed by atoms with Crippen molar-refractivity contribution in [2.24, 2.45) is 10.8 Å². The molecule has 0 aliphatic carbocycles. The fraction of sp³-hybridized carbons (Fsp3) is 0.719. The lowest BCUT2D eigenvalue weighted by atomic mass is 9.80. The minimum atomic E-state index is -6.74. The number of carbonyl (C=O) groups excluding carboxylic acids is 3. The third kappa shape index (κ3) is 12.1. The number of rotatable bonds is 24. The molecular weight excluding hydrogens is 664 g/mol. The second-order valence-corrected chi connectivity index (χ2v) is 12.6. The standard InChI is InChI=1S/C32H46F8O8/c1-8-9-10-11-12-13-29(33,34)31(37,38)32(39,40)30(35,36)15-28(18-46-24(43)21(2)3,19-47-25(44)22(4)5)20-48-26(45)23(6)14-27(7,16-41)17-42/h41-42H,2,4,6,8-20H2,1,3,5,7H3. The molecule has 0 bridgehead atoms. The molecule has 16 heteroatoms. The van der Waals surface area contributed by atoms with E-state index in [4.69, 9.17) is 14.2 Å². The van der Waals surface area contributed by atoms with Gasteiger partial charge >= 0.3 is 41.6 Å². The molecule has 0 aliphatic rings. The summed E-state index contributed by atoms with van der Waals surface area (Å²) in [6.07, 6.45) is -3.98. The van der Waals surface area contributed by atoms with Crippen LogP contribution >= 0.6 is 0 Å². The zero-order valence-corrected chi connectivity index (χ0v) is 27.7. The summed E-state index contributed by atoms with van der Waals surface area (Å²) in [6.45, 7) is 9.51. The average molecular weight is 711 g/mol. The molecule has 0 heterocycles. The van der Waals surface area contributed by atoms with Crippen molar-refractivity contribution >= 4 is 17.9 Å². The Morgan fingerprint density at radius 3 is 1.44 bits per heavy atom. The van der Waals surface area contributed by atoms with Crippen LogP contribution in [0.25, 0.3) is 0 Å². The molecule has 0 rings (SSSR count). The Kier molecular flexibility index (Phi) is 17.0. The predicted octanol–water partition coefficient (Wildman–Crippen LogP) is 6.98. The molecule has 0 radical (unpaired) electrons. The number of alkyl halides is 8. The van der Waals surface area contributed by atoms with Crippen molar-refractivity contribution in [3.8, 4) is 0 Å². The molecule has 278 valence electrons. The lowest BCUT2D eigenvalue weighted by Crippen LogP contribution is -2.63. The molecule has 0 spiro atoms. The van der Waals surface area contributed by atoms with Gasteiger partial charge in [-0.25, -0.2) is 14.4 Å². The molecule has 0 fully saturated rings. The van der Waals surface area contributed by atoms with Crippen molar-refractivity contribution in [1.82, 2.24) is 0 Å². The van der Waals surface area contributed by atoms with Gasteiger partial charge in [0.05, 0.1) is 18.6 Å². The van der Waals surface area contributed by atoms with E-state index in [2.05, 4.69) is 19.7 Å². The van der Waals surface area contributed by atoms with E-state index in [1.54, 1.807) is 6.92 Å². The Balaban J connectivity index is 6.80. The summed E-state index contributed by atoms with van der Waals surface area (Å²) >= 11 is 0. The van der Waals surface area contributed by atoms with Gasteiger partial charge in [-0.3, -0.25) is 0 Å². The van der Waals surface area contributed by atoms with E-state index in [-0.39, 0.29) is 17.6 Å². The highest BCUT2D eigenvalue weighted by Gasteiger charge is 2.80. The van der Waals surface area contributed by atoms with Crippen LogP contribution in [-0.4, -0.2) is 84.8 Å². The lowest BCUT2D eigenvalue weighted by molar-refractivity contribution is -0.372. The van der Waals surface area contributed by atoms with Crippen LogP contribution in [0, 0.1) is 10.8 Å². The van der Waals surface area contributed by atoms with Gasteiger partial charge in [0.25, 0.3) is 0 Å². The Hall–Kier alpha value is -3.01. The Bertz CT molecular complexity index is 1120. The number of hydrogen-bond acceptors (Lipinski definition) is 8. The van der Waals surface area contributed by atoms with Crippen molar-refractivity contribution in [1.29, 1.82) is 0 Å². The quantitative estimate of drug-likeness (QED) is 0.0362. The monoisotopic (exact) mass is 710 g/mol. The number of aliphatic hydroxyl groups excluding tert-OH is 2. The summed E-state index contributed by atoms with van der Waals surface area (Å²) in [5.74, 6) is -29.0. The minimum Gasteiger partial charge on any atom is -0.461 e. The van der Waals surface area contributed by atoms with Crippen LogP contribution in [0.15, 0.2) is 36.5 Å². The van der Waals surface area contributed by atoms with Gasteiger partial charge in [0.15, 0.2) is 0 Å². The van der Waals surface area contributed by atoms with Crippen LogP contribution in [0.2, 0.25) is 0 Å². The maximum atomic E-state index is 15.5. The Morgan fingerprint density at radius 1 is 0.646 bits per heavy atom. The summed E-state index contributed by atoms with van der Waals surface area (Å²) in [6, 6.07) is 0. The summed E-state index contributed by atoms with van der Waals surface area (Å²) in [5.41, 5.74) is -5.45. The highest BCUT2D eigenvalue weighted by Crippen LogP contribution is 2.56. The van der Waals surface area contributed by atoms with Gasteiger partial charge in [-0.1, -0.05) is 59.3 Å². The maximum Gasteiger partial charge on any atom is 0.378 e. The van der Waals surface area contributed by atoms with Crippen LogP contribution in [0.3, 0.4) is 0 Å². The van der Waals surface area contributed by atoms with Crippen LogP contribution in [0.4, 0.5) is 35.1 Å². The van der Waals surface area contributed by atoms with Gasteiger partial charge in [0.1, 0.15) is 19.8 Å². The summed E-state index contributed by atoms with van der Waals surface area (Å²) < 4.78 is 134. The van der Waals surface area contributed by atoms with Gasteiger partial charge < -0.3 is 24.4 Å². The summed E-state index contributed by atoms with van der Waals surface area (Å²) in [4.78, 5) is 37.0. The molecule has 8 nitrogen and oxygen atoms in total. The van der Waals surface area contributed by atoms with Crippen LogP contribution in [0.1, 0.15) is 79.1 Å². The largest absolute Gasteiger partial charge is 0.461 e. The molecule has 0 atom stereocenters. The molecule has 0 aromatic heterocycles. The van der Waals surface area contributed by atoms with Gasteiger partial charge in [-0.05, 0) is 26.7 Å². The minimum absolute atomic E-state index is 0.0425. The maximum absolute atomic E-state index is 15.5. The summed E-state index contributed by atoms with van der Waals surface area (Å²) in [7, 11) is 0. The fourth-order valence-corrected chi connectivity index (χ4v) is 4.18. The van der Waals surface area contributed by atoms with Crippen molar-refractivity contribution in [3.63, 3.8) is 0 Å². The highest BCUT2D eigenvalue weighted by molar-refractivity contribution is 5.88. The Labute approximate surface area is 275 Å². The van der Waals surface area contributed by atoms with E-state index in [1.165, 1.54) is 6.92 Å². The third-order valence-corrected chi connectivity index (χ3v) is 7.42. The van der Waals surface area contributed by atoms with E-state index in [1.807, 2.05) is 0 Å². The third-order valence-electron chi connectivity index (χ3n) is 7.42. The highest BCUT2D eigenvalue weighted by atomic mass is 19.4. The van der Waals surface area contributed by atoms with Gasteiger partial charge in [0, 0.05) is 35.0 Å². The van der Waals surface area contributed by atoms with Crippen LogP contribution in [0.5, 0.6) is 0 Å². The fourth-order valence-electron chi connectivity index (χ4n) is 4.18. The second kappa shape index (κ2) is 18.1. The van der Waals surface area contributed by atoms with Gasteiger partial charge in [0.2, 0.25) is 0 Å². The van der Waals surface area contributed by atoms with E-state index in [0.29, 0.717) is 19.3 Å². The first-order valence-corrected chi connectivity index (χ1v) is 15.0. The van der Waals surface area contributed by atoms with Gasteiger partial charge in [-0.15, -0.1) is 0 Å². The first-order valence-electron chi connectivity index (χ1n) is 15.0. The van der Waals surface area contributed by atoms with E-state index in [9.17, 15) is 42.2 Å². The normalized spacial score (nSPS) is 13.1. The SMILES string of the molecule is C=C(C)C(=O)OCC(COC(=O)C(=C)C)(COC(=O)C(=C)CC(C)(CO)CO)CC(F)(F)C(F)(F)C(F)(F)C(F)(F)CCCCCCC. The predicted molar refractivity (Wildman–Crippen MR) is 159 cm³/mol. The first kappa shape index (κ1) is 45.0. The topological polar surface area (TPSA) is 119 Å². The molecule has 48 heavy (non-hydrogen) atoms. The molecule has 0 aromatic rings. The lowest BCUT2D eigenvalue weighted by Gasteiger charge is -2.41. The van der Waals surface area contributed by atoms with Crippen molar-refractivity contribution in [2.75, 3.05) is 33.0 Å². The number of aliphatic hydroxyl groups is 2. The summed E-state index contributed by atoms with van der Waals surface area (Å²) in [5, 5.41) is 19.0. The molecule has 0 saturated carbocycles. The number of halogens is 8. The number of unbranched alkanes of at least 4 members (excludes halogenated alkanes) is 4. The molecule has 0 unspecified atom stereocenters. The molecule has 2 N–H and O–H groups in total. The Morgan fingerprint density at radius 2 is 1.04 bits per heavy atom. The van der Waals surface area contributed by atoms with Gasteiger partial charge in [-0.2, -0.15) is 35.1 Å². The number of ether oxygens (including phenoxy) is 3. The van der Waals surface area contributed by atoms with Crippen molar-refractivity contribution in [3.05, 3.63) is 36.5 Å². The molecule has 0 saturated heterocycles. The van der Waals surface area contributed by atoms with E-state index < -0.39 is 117 Å². The van der Waals surface area contributed by atoms with Crippen molar-refractivity contribution < 1.29 is 73.9 Å². The molecule has 0 amide bonds. The van der Waals surface area contributed by atoms with Crippen LogP contribution in [-0.2, 0) is 28.6 Å². The average Bonchev–Trinajstić information content (AvgIpc) is 3.00. The number of carbonyl (C=O) groups is 3. The van der Waals surface area contributed by atoms with E-state index >= 15 is 17.6 Å². The molecule has 0 aliphatic heterocycles. The molecular formula is C32H46F8O8. The van der Waals surface area contributed by atoms with Crippen molar-refractivity contribution in [2.45, 2.75) is 103 Å². The first-order chi connectivity index (χ1) is 21.8. The molecule has 0 aromatic carbocycles. The number of hydrogen-bond donors (Lipinski definition) is 2. The van der Waals surface area contributed by atoms with E-state index in [0.717, 1.165) is 13.8 Å².